The summed E-state index contributed by atoms with van der Waals surface area (Å²) in [6.07, 6.45) is 2.91. The van der Waals surface area contributed by atoms with Crippen LogP contribution in [0.25, 0.3) is 10.9 Å². The molecule has 0 saturated heterocycles. The van der Waals surface area contributed by atoms with Crippen molar-refractivity contribution in [2.24, 2.45) is 0 Å². The zero-order valence-electron chi connectivity index (χ0n) is 13.8. The third-order valence-electron chi connectivity index (χ3n) is 5.07. The lowest BCUT2D eigenvalue weighted by Gasteiger charge is -2.36. The number of amides is 1. The highest BCUT2D eigenvalue weighted by Crippen LogP contribution is 2.32. The van der Waals surface area contributed by atoms with Gasteiger partial charge in [0.25, 0.3) is 5.91 Å². The van der Waals surface area contributed by atoms with Gasteiger partial charge in [0.2, 0.25) is 0 Å². The highest BCUT2D eigenvalue weighted by atomic mass is 19.1. The minimum Gasteiger partial charge on any atom is -0.348 e. The summed E-state index contributed by atoms with van der Waals surface area (Å²) < 4.78 is 16.2. The van der Waals surface area contributed by atoms with E-state index in [0.29, 0.717) is 17.8 Å². The lowest BCUT2D eigenvalue weighted by Crippen LogP contribution is -2.42. The lowest BCUT2D eigenvalue weighted by molar-refractivity contribution is 0.0612. The van der Waals surface area contributed by atoms with E-state index in [-0.39, 0.29) is 17.8 Å². The largest absolute Gasteiger partial charge is 0.348 e. The minimum absolute atomic E-state index is 0.0527. The number of nitrogens with zero attached hydrogens (tertiary/aromatic N) is 2. The monoisotopic (exact) mass is 325 g/mol. The Morgan fingerprint density at radius 3 is 2.88 bits per heavy atom. The first-order chi connectivity index (χ1) is 11.6. The molecule has 0 bridgehead atoms. The number of fused-ring (bicyclic) bond motifs is 2. The van der Waals surface area contributed by atoms with Crippen LogP contribution in [-0.2, 0) is 6.54 Å². The molecule has 1 atom stereocenters. The van der Waals surface area contributed by atoms with Crippen LogP contribution in [0, 0.1) is 12.7 Å². The van der Waals surface area contributed by atoms with Gasteiger partial charge in [-0.05, 0) is 37.1 Å². The fourth-order valence-electron chi connectivity index (χ4n) is 3.81. The standard InChI is InChI=1S/C19H20FN3O/c1-3-15-16-8-5-9-22(16)10-11-23(15)19(24)17-12(2)13-6-4-7-14(20)18(13)21-17/h4-9,15,21H,3,10-11H2,1-2H3. The molecule has 1 aliphatic rings. The molecular weight excluding hydrogens is 305 g/mol. The van der Waals surface area contributed by atoms with Gasteiger partial charge in [-0.2, -0.15) is 0 Å². The van der Waals surface area contributed by atoms with Crippen LogP contribution in [0.2, 0.25) is 0 Å². The number of aromatic amines is 1. The number of para-hydroxylation sites is 1. The van der Waals surface area contributed by atoms with Crippen LogP contribution in [-0.4, -0.2) is 26.9 Å². The fourth-order valence-corrected chi connectivity index (χ4v) is 3.81. The maximum atomic E-state index is 14.0. The Balaban J connectivity index is 1.77. The number of hydrogen-bond donors (Lipinski definition) is 1. The third kappa shape index (κ3) is 2.08. The Labute approximate surface area is 139 Å². The lowest BCUT2D eigenvalue weighted by atomic mass is 10.1. The van der Waals surface area contributed by atoms with Crippen LogP contribution in [0.1, 0.15) is 41.1 Å². The highest BCUT2D eigenvalue weighted by Gasteiger charge is 2.31. The zero-order valence-corrected chi connectivity index (χ0v) is 13.8. The van der Waals surface area contributed by atoms with Gasteiger partial charge in [0.1, 0.15) is 11.5 Å². The molecule has 1 aliphatic heterocycles. The Kier molecular flexibility index (Phi) is 3.44. The van der Waals surface area contributed by atoms with Gasteiger partial charge in [-0.15, -0.1) is 0 Å². The van der Waals surface area contributed by atoms with E-state index in [1.807, 2.05) is 24.0 Å². The van der Waals surface area contributed by atoms with Gasteiger partial charge in [0, 0.05) is 30.4 Å². The number of rotatable bonds is 2. The predicted molar refractivity (Wildman–Crippen MR) is 91.5 cm³/mol. The van der Waals surface area contributed by atoms with Gasteiger partial charge >= 0.3 is 0 Å². The first-order valence-corrected chi connectivity index (χ1v) is 8.34. The molecule has 1 amide bonds. The Morgan fingerprint density at radius 2 is 2.12 bits per heavy atom. The van der Waals surface area contributed by atoms with Crippen molar-refractivity contribution in [2.75, 3.05) is 6.54 Å². The number of H-pyrrole nitrogens is 1. The van der Waals surface area contributed by atoms with Gasteiger partial charge in [-0.25, -0.2) is 4.39 Å². The zero-order chi connectivity index (χ0) is 16.8. The molecule has 124 valence electrons. The molecular formula is C19H20FN3O. The van der Waals surface area contributed by atoms with Crippen molar-refractivity contribution in [2.45, 2.75) is 32.9 Å². The third-order valence-corrected chi connectivity index (χ3v) is 5.07. The topological polar surface area (TPSA) is 41.0 Å². The van der Waals surface area contributed by atoms with Gasteiger partial charge in [0.15, 0.2) is 0 Å². The molecule has 0 spiro atoms. The van der Waals surface area contributed by atoms with Crippen LogP contribution in [0.4, 0.5) is 4.39 Å². The molecule has 0 saturated carbocycles. The Hall–Kier alpha value is -2.56. The van der Waals surface area contributed by atoms with E-state index in [1.54, 1.807) is 6.07 Å². The number of benzene rings is 1. The summed E-state index contributed by atoms with van der Waals surface area (Å²) in [5.41, 5.74) is 2.88. The molecule has 24 heavy (non-hydrogen) atoms. The second-order valence-electron chi connectivity index (χ2n) is 6.34. The van der Waals surface area contributed by atoms with Crippen molar-refractivity contribution in [1.82, 2.24) is 14.5 Å². The first-order valence-electron chi connectivity index (χ1n) is 8.34. The van der Waals surface area contributed by atoms with Gasteiger partial charge in [-0.3, -0.25) is 4.79 Å². The van der Waals surface area contributed by atoms with Crippen LogP contribution < -0.4 is 0 Å². The van der Waals surface area contributed by atoms with E-state index in [4.69, 9.17) is 0 Å². The van der Waals surface area contributed by atoms with Crippen LogP contribution in [0.3, 0.4) is 0 Å². The SMILES string of the molecule is CCC1c2cccn2CCN1C(=O)c1[nH]c2c(F)cccc2c1C. The van der Waals surface area contributed by atoms with Crippen molar-refractivity contribution in [3.05, 3.63) is 59.3 Å². The summed E-state index contributed by atoms with van der Waals surface area (Å²) in [6, 6.07) is 9.09. The number of carbonyl (C=O) groups excluding carboxylic acids is 1. The van der Waals surface area contributed by atoms with Gasteiger partial charge < -0.3 is 14.5 Å². The fraction of sp³-hybridized carbons (Fsp3) is 0.316. The Morgan fingerprint density at radius 1 is 1.29 bits per heavy atom. The van der Waals surface area contributed by atoms with E-state index >= 15 is 0 Å². The van der Waals surface area contributed by atoms with Crippen molar-refractivity contribution < 1.29 is 9.18 Å². The quantitative estimate of drug-likeness (QED) is 0.759. The Bertz CT molecular complexity index is 924. The van der Waals surface area contributed by atoms with E-state index < -0.39 is 0 Å². The maximum Gasteiger partial charge on any atom is 0.271 e. The van der Waals surface area contributed by atoms with Crippen molar-refractivity contribution in [3.63, 3.8) is 0 Å². The molecule has 2 aromatic heterocycles. The number of aromatic nitrogens is 2. The molecule has 4 nitrogen and oxygen atoms in total. The van der Waals surface area contributed by atoms with Gasteiger partial charge in [-0.1, -0.05) is 19.1 Å². The van der Waals surface area contributed by atoms with Crippen LogP contribution in [0.15, 0.2) is 36.5 Å². The number of halogens is 1. The molecule has 3 aromatic rings. The summed E-state index contributed by atoms with van der Waals surface area (Å²) in [4.78, 5) is 18.1. The minimum atomic E-state index is -0.325. The molecule has 1 aromatic carbocycles. The highest BCUT2D eigenvalue weighted by molar-refractivity contribution is 6.01. The van der Waals surface area contributed by atoms with Crippen molar-refractivity contribution in [3.8, 4) is 0 Å². The van der Waals surface area contributed by atoms with E-state index in [2.05, 4.69) is 28.7 Å². The summed E-state index contributed by atoms with van der Waals surface area (Å²) in [6.45, 7) is 5.42. The smallest absolute Gasteiger partial charge is 0.271 e. The second kappa shape index (κ2) is 5.51. The predicted octanol–water partition coefficient (Wildman–Crippen LogP) is 4.02. The van der Waals surface area contributed by atoms with E-state index in [9.17, 15) is 9.18 Å². The van der Waals surface area contributed by atoms with E-state index in [0.717, 1.165) is 29.6 Å². The number of hydrogen-bond acceptors (Lipinski definition) is 1. The van der Waals surface area contributed by atoms with Crippen molar-refractivity contribution >= 4 is 16.8 Å². The molecule has 5 heteroatoms. The first kappa shape index (κ1) is 15.0. The average molecular weight is 325 g/mol. The molecule has 1 unspecified atom stereocenters. The molecule has 1 N–H and O–H groups in total. The number of nitrogens with one attached hydrogen (secondary N) is 1. The number of aryl methyl sites for hydroxylation is 1. The average Bonchev–Trinajstić information content (AvgIpc) is 3.19. The molecule has 4 rings (SSSR count). The molecule has 0 radical (unpaired) electrons. The second-order valence-corrected chi connectivity index (χ2v) is 6.34. The van der Waals surface area contributed by atoms with Crippen LogP contribution in [0.5, 0.6) is 0 Å². The summed E-state index contributed by atoms with van der Waals surface area (Å²) in [5.74, 6) is -0.378. The normalized spacial score (nSPS) is 17.3. The molecule has 3 heterocycles. The van der Waals surface area contributed by atoms with Crippen LogP contribution >= 0.6 is 0 Å². The summed E-state index contributed by atoms with van der Waals surface area (Å²) >= 11 is 0. The summed E-state index contributed by atoms with van der Waals surface area (Å²) in [5, 5.41) is 0.770. The maximum absolute atomic E-state index is 14.0. The summed E-state index contributed by atoms with van der Waals surface area (Å²) in [7, 11) is 0. The van der Waals surface area contributed by atoms with Gasteiger partial charge in [0.05, 0.1) is 11.6 Å². The number of carbonyl (C=O) groups is 1. The van der Waals surface area contributed by atoms with E-state index in [1.165, 1.54) is 6.07 Å². The molecule has 0 fully saturated rings. The molecule has 0 aliphatic carbocycles. The van der Waals surface area contributed by atoms with Crippen molar-refractivity contribution in [1.29, 1.82) is 0 Å².